The number of imidazole rings is 1. The van der Waals surface area contributed by atoms with Crippen molar-refractivity contribution in [2.24, 2.45) is 5.92 Å². The molecule has 3 N–H and O–H groups in total. The largest absolute Gasteiger partial charge is 0.459 e. The molecule has 5 aliphatic rings. The zero-order valence-corrected chi connectivity index (χ0v) is 36.9. The molecule has 3 saturated carbocycles. The Morgan fingerprint density at radius 3 is 2.53 bits per heavy atom. The molecule has 0 radical (unpaired) electrons. The third-order valence-electron chi connectivity index (χ3n) is 12.4. The molecule has 0 unspecified atom stereocenters. The molecule has 0 spiro atoms. The van der Waals surface area contributed by atoms with Gasteiger partial charge in [-0.3, -0.25) is 23.7 Å². The van der Waals surface area contributed by atoms with Crippen molar-refractivity contribution in [2.45, 2.75) is 158 Å². The molecule has 4 heterocycles. The van der Waals surface area contributed by atoms with E-state index in [2.05, 4.69) is 20.7 Å². The van der Waals surface area contributed by atoms with E-state index in [1.807, 2.05) is 48.8 Å². The van der Waals surface area contributed by atoms with Crippen LogP contribution in [-0.2, 0) is 29.1 Å². The summed E-state index contributed by atoms with van der Waals surface area (Å²) in [5.74, 6) is -1.81. The standard InChI is InChI=1S/C43H57N7O8S2/c1-25(2)50-32-16-12-14-29(36-44-31(24-59-36)26-17-18-26)34(32)46-39(50)57-28-21-33-35(51)47-43(38(53)48-60(55,56)42(6)19-20-42)22-27(43)13-10-8-7-9-11-15-30(37(52)49(33)23-28)45-40(54)58-41(3,4)5/h10,12-14,16,24-28,30,33H,7-9,11,15,17-23H2,1-6H3,(H,45,54)(H,47,51)(H,48,53)/b13-10-/t27-,28-,30+,33+,43-/m1/s1. The molecule has 4 amide bonds. The fourth-order valence-corrected chi connectivity index (χ4v) is 10.6. The molecule has 5 atom stereocenters. The summed E-state index contributed by atoms with van der Waals surface area (Å²) in [4.78, 5) is 67.9. The third-order valence-corrected chi connectivity index (χ3v) is 15.4. The average Bonchev–Trinajstić information content (AvgIpc) is 4.13. The normalized spacial score (nSPS) is 27.6. The lowest BCUT2D eigenvalue weighted by Crippen LogP contribution is -2.58. The smallest absolute Gasteiger partial charge is 0.408 e. The molecule has 1 aromatic carbocycles. The minimum Gasteiger partial charge on any atom is -0.459 e. The van der Waals surface area contributed by atoms with Crippen molar-refractivity contribution in [3.05, 3.63) is 41.4 Å². The highest BCUT2D eigenvalue weighted by atomic mass is 32.2. The van der Waals surface area contributed by atoms with Crippen molar-refractivity contribution in [3.63, 3.8) is 0 Å². The fraction of sp³-hybridized carbons (Fsp3) is 0.628. The average molecular weight is 864 g/mol. The Morgan fingerprint density at radius 2 is 1.83 bits per heavy atom. The van der Waals surface area contributed by atoms with Gasteiger partial charge in [-0.25, -0.2) is 18.2 Å². The van der Waals surface area contributed by atoms with Crippen molar-refractivity contribution in [2.75, 3.05) is 6.54 Å². The Morgan fingerprint density at radius 1 is 1.07 bits per heavy atom. The number of carbonyl (C=O) groups is 4. The molecule has 0 bridgehead atoms. The van der Waals surface area contributed by atoms with Crippen LogP contribution in [0.3, 0.4) is 0 Å². The zero-order chi connectivity index (χ0) is 42.8. The predicted molar refractivity (Wildman–Crippen MR) is 227 cm³/mol. The number of ether oxygens (including phenoxy) is 2. The van der Waals surface area contributed by atoms with E-state index < -0.39 is 73.8 Å². The number of nitrogens with zero attached hydrogens (tertiary/aromatic N) is 4. The Bertz CT molecular complexity index is 2320. The van der Waals surface area contributed by atoms with Crippen LogP contribution in [0.25, 0.3) is 21.6 Å². The number of hydrogen-bond donors (Lipinski definition) is 3. The number of hydrogen-bond acceptors (Lipinski definition) is 11. The summed E-state index contributed by atoms with van der Waals surface area (Å²) >= 11 is 1.59. The number of allylic oxidation sites excluding steroid dienone is 1. The lowest BCUT2D eigenvalue weighted by molar-refractivity contribution is -0.141. The van der Waals surface area contributed by atoms with Crippen LogP contribution in [0.15, 0.2) is 35.7 Å². The van der Waals surface area contributed by atoms with Gasteiger partial charge in [0.2, 0.25) is 21.8 Å². The maximum atomic E-state index is 14.7. The van der Waals surface area contributed by atoms with Gasteiger partial charge in [0.1, 0.15) is 39.9 Å². The second-order valence-corrected chi connectivity index (χ2v) is 21.8. The minimum absolute atomic E-state index is 0.00985. The van der Waals surface area contributed by atoms with E-state index in [1.54, 1.807) is 39.0 Å². The van der Waals surface area contributed by atoms with Gasteiger partial charge in [0, 0.05) is 35.2 Å². The van der Waals surface area contributed by atoms with Crippen LogP contribution < -0.4 is 20.1 Å². The second kappa shape index (κ2) is 15.8. The minimum atomic E-state index is -4.00. The number of carbonyl (C=O) groups excluding carboxylic acids is 4. The zero-order valence-electron chi connectivity index (χ0n) is 35.3. The number of sulfonamides is 1. The molecule has 3 aromatic rings. The summed E-state index contributed by atoms with van der Waals surface area (Å²) < 4.78 is 42.0. The van der Waals surface area contributed by atoms with E-state index in [-0.39, 0.29) is 25.4 Å². The molecular weight excluding hydrogens is 807 g/mol. The number of nitrogens with one attached hydrogen (secondary N) is 3. The number of aromatic nitrogens is 3. The van der Waals surface area contributed by atoms with E-state index in [0.29, 0.717) is 44.0 Å². The number of rotatable bonds is 9. The Balaban J connectivity index is 1.12. The van der Waals surface area contributed by atoms with Gasteiger partial charge in [-0.2, -0.15) is 4.98 Å². The van der Waals surface area contributed by atoms with E-state index in [4.69, 9.17) is 19.4 Å². The summed E-state index contributed by atoms with van der Waals surface area (Å²) in [6, 6.07) is 4.12. The van der Waals surface area contributed by atoms with Crippen LogP contribution in [0, 0.1) is 5.92 Å². The number of fused-ring (bicyclic) bond motifs is 3. The molecule has 60 heavy (non-hydrogen) atoms. The van der Waals surface area contributed by atoms with E-state index in [0.717, 1.165) is 53.0 Å². The molecule has 15 nitrogen and oxygen atoms in total. The first-order valence-electron chi connectivity index (χ1n) is 21.4. The van der Waals surface area contributed by atoms with Gasteiger partial charge in [-0.15, -0.1) is 11.3 Å². The van der Waals surface area contributed by atoms with Gasteiger partial charge in [0.15, 0.2) is 0 Å². The van der Waals surface area contributed by atoms with Gasteiger partial charge in [-0.1, -0.05) is 31.1 Å². The highest BCUT2D eigenvalue weighted by Crippen LogP contribution is 2.48. The second-order valence-electron chi connectivity index (χ2n) is 18.8. The SMILES string of the molecule is CC(C)n1c(O[C@@H]2C[C@H]3C(=O)N[C@]4(C(=O)NS(=O)(=O)C5(C)CC5)C[C@H]4/C=C\CCCCC[C@H](NC(=O)OC(C)(C)C)C(=O)N3C2)nc2c(-c3nc(C4CC4)cs3)cccc21. The number of thiazole rings is 1. The van der Waals surface area contributed by atoms with Gasteiger partial charge in [0.05, 0.1) is 22.5 Å². The fourth-order valence-electron chi connectivity index (χ4n) is 8.37. The van der Waals surface area contributed by atoms with Gasteiger partial charge < -0.3 is 25.0 Å². The number of benzene rings is 1. The van der Waals surface area contributed by atoms with Crippen LogP contribution in [0.5, 0.6) is 6.01 Å². The molecule has 8 rings (SSSR count). The third kappa shape index (κ3) is 8.52. The summed E-state index contributed by atoms with van der Waals surface area (Å²) in [7, 11) is -4.00. The monoisotopic (exact) mass is 863 g/mol. The Kier molecular flexibility index (Phi) is 11.1. The van der Waals surface area contributed by atoms with Crippen molar-refractivity contribution in [3.8, 4) is 16.6 Å². The highest BCUT2D eigenvalue weighted by Gasteiger charge is 2.63. The summed E-state index contributed by atoms with van der Waals surface area (Å²) in [6.45, 7) is 10.9. The first kappa shape index (κ1) is 42.2. The first-order chi connectivity index (χ1) is 28.4. The van der Waals surface area contributed by atoms with Crippen LogP contribution in [0.4, 0.5) is 4.79 Å². The van der Waals surface area contributed by atoms with Crippen molar-refractivity contribution < 1.29 is 37.1 Å². The van der Waals surface area contributed by atoms with Crippen LogP contribution >= 0.6 is 11.3 Å². The van der Waals surface area contributed by atoms with E-state index >= 15 is 0 Å². The van der Waals surface area contributed by atoms with Crippen LogP contribution in [0.1, 0.15) is 130 Å². The summed E-state index contributed by atoms with van der Waals surface area (Å²) in [5, 5.41) is 8.71. The Hall–Kier alpha value is -4.51. The van der Waals surface area contributed by atoms with Crippen molar-refractivity contribution in [1.82, 2.24) is 34.8 Å². The summed E-state index contributed by atoms with van der Waals surface area (Å²) in [6.07, 6.45) is 9.01. The topological polar surface area (TPSA) is 191 Å². The first-order valence-corrected chi connectivity index (χ1v) is 23.7. The van der Waals surface area contributed by atoms with Crippen LogP contribution in [0.2, 0.25) is 0 Å². The number of alkyl carbamates (subject to hydrolysis) is 1. The van der Waals surface area contributed by atoms with Gasteiger partial charge in [-0.05, 0) is 105 Å². The molecule has 4 fully saturated rings. The van der Waals surface area contributed by atoms with E-state index in [9.17, 15) is 27.6 Å². The number of amides is 4. The maximum absolute atomic E-state index is 14.7. The van der Waals surface area contributed by atoms with Gasteiger partial charge >= 0.3 is 6.09 Å². The molecule has 3 aliphatic carbocycles. The molecular formula is C43H57N7O8S2. The lowest BCUT2D eigenvalue weighted by atomic mass is 10.0. The summed E-state index contributed by atoms with van der Waals surface area (Å²) in [5.41, 5.74) is 1.26. The molecule has 2 aromatic heterocycles. The maximum Gasteiger partial charge on any atom is 0.408 e. The molecule has 17 heteroatoms. The Labute approximate surface area is 355 Å². The molecule has 324 valence electrons. The van der Waals surface area contributed by atoms with E-state index in [1.165, 1.54) is 4.90 Å². The highest BCUT2D eigenvalue weighted by molar-refractivity contribution is 7.91. The quantitative estimate of drug-likeness (QED) is 0.207. The predicted octanol–water partition coefficient (Wildman–Crippen LogP) is 6.25. The van der Waals surface area contributed by atoms with Crippen molar-refractivity contribution in [1.29, 1.82) is 0 Å². The molecule has 1 saturated heterocycles. The number of para-hydroxylation sites is 1. The van der Waals surface area contributed by atoms with Crippen LogP contribution in [-0.4, -0.2) is 92.3 Å². The van der Waals surface area contributed by atoms with Crippen molar-refractivity contribution >= 4 is 56.2 Å². The lowest BCUT2D eigenvalue weighted by Gasteiger charge is -2.30. The van der Waals surface area contributed by atoms with Gasteiger partial charge in [0.25, 0.3) is 11.9 Å². The molecule has 2 aliphatic heterocycles.